The smallest absolute Gasteiger partial charge is 0.256 e. The van der Waals surface area contributed by atoms with Crippen molar-refractivity contribution in [3.63, 3.8) is 0 Å². The lowest BCUT2D eigenvalue weighted by Gasteiger charge is -2.30. The number of hydrogen-bond donors (Lipinski definition) is 1. The number of amides is 1. The fraction of sp³-hybridized carbons (Fsp3) is 0.650. The van der Waals surface area contributed by atoms with E-state index >= 15 is 0 Å². The van der Waals surface area contributed by atoms with Crippen LogP contribution in [0.3, 0.4) is 0 Å². The highest BCUT2D eigenvalue weighted by Crippen LogP contribution is 2.25. The molecule has 0 saturated carbocycles. The van der Waals surface area contributed by atoms with Gasteiger partial charge in [-0.15, -0.1) is 0 Å². The molecule has 24 heavy (non-hydrogen) atoms. The molecule has 1 rings (SSSR count). The van der Waals surface area contributed by atoms with Gasteiger partial charge in [-0.1, -0.05) is 27.7 Å². The predicted molar refractivity (Wildman–Crippen MR) is 99.6 cm³/mol. The van der Waals surface area contributed by atoms with E-state index in [0.717, 1.165) is 24.3 Å². The van der Waals surface area contributed by atoms with Crippen LogP contribution in [0.15, 0.2) is 24.3 Å². The van der Waals surface area contributed by atoms with Gasteiger partial charge < -0.3 is 14.8 Å². The molecule has 0 spiro atoms. The van der Waals surface area contributed by atoms with E-state index in [-0.39, 0.29) is 12.0 Å². The van der Waals surface area contributed by atoms with Crippen LogP contribution < -0.4 is 10.1 Å². The zero-order valence-corrected chi connectivity index (χ0v) is 16.0. The summed E-state index contributed by atoms with van der Waals surface area (Å²) in [6.45, 7) is 12.8. The van der Waals surface area contributed by atoms with E-state index in [1.807, 2.05) is 45.0 Å². The van der Waals surface area contributed by atoms with Crippen LogP contribution in [-0.2, 0) is 9.53 Å². The van der Waals surface area contributed by atoms with Crippen LogP contribution in [0.25, 0.3) is 0 Å². The molecule has 0 aliphatic rings. The van der Waals surface area contributed by atoms with Crippen molar-refractivity contribution in [2.45, 2.75) is 72.5 Å². The maximum atomic E-state index is 12.7. The highest BCUT2D eigenvalue weighted by atomic mass is 16.5. The number of carbonyl (C=O) groups excluding carboxylic acids is 1. The van der Waals surface area contributed by atoms with E-state index in [2.05, 4.69) is 26.1 Å². The number of hydrogen-bond acceptors (Lipinski definition) is 3. The van der Waals surface area contributed by atoms with Crippen LogP contribution in [0, 0.1) is 5.92 Å². The van der Waals surface area contributed by atoms with Crippen LogP contribution in [0.5, 0.6) is 5.75 Å². The third-order valence-corrected chi connectivity index (χ3v) is 3.93. The van der Waals surface area contributed by atoms with Gasteiger partial charge in [0.05, 0.1) is 6.10 Å². The van der Waals surface area contributed by atoms with Crippen molar-refractivity contribution in [2.75, 3.05) is 11.9 Å². The predicted octanol–water partition coefficient (Wildman–Crippen LogP) is 5.03. The van der Waals surface area contributed by atoms with Gasteiger partial charge in [0, 0.05) is 12.3 Å². The number of nitrogens with one attached hydrogen (secondary N) is 1. The topological polar surface area (TPSA) is 47.6 Å². The van der Waals surface area contributed by atoms with Gasteiger partial charge in [0.25, 0.3) is 5.91 Å². The fourth-order valence-corrected chi connectivity index (χ4v) is 2.52. The average molecular weight is 335 g/mol. The first-order chi connectivity index (χ1) is 11.3. The Morgan fingerprint density at radius 2 is 1.79 bits per heavy atom. The minimum atomic E-state index is -0.809. The van der Waals surface area contributed by atoms with Crippen LogP contribution in [-0.4, -0.2) is 24.2 Å². The molecule has 2 atom stereocenters. The second-order valence-electron chi connectivity index (χ2n) is 6.99. The Bertz CT molecular complexity index is 498. The summed E-state index contributed by atoms with van der Waals surface area (Å²) in [5, 5.41) is 2.97. The zero-order chi connectivity index (χ0) is 18.2. The van der Waals surface area contributed by atoms with Crippen LogP contribution in [0.2, 0.25) is 0 Å². The highest BCUT2D eigenvalue weighted by molar-refractivity contribution is 5.97. The molecule has 0 aliphatic heterocycles. The first-order valence-electron chi connectivity index (χ1n) is 9.02. The SMILES string of the molecule is CCCO[C@](C)(CC(C)C)C(=O)Nc1ccc(O[C@@H](C)CC)cc1. The van der Waals surface area contributed by atoms with Crippen molar-refractivity contribution in [2.24, 2.45) is 5.92 Å². The molecular formula is C20H33NO3. The lowest BCUT2D eigenvalue weighted by molar-refractivity contribution is -0.141. The van der Waals surface area contributed by atoms with E-state index < -0.39 is 5.60 Å². The lowest BCUT2D eigenvalue weighted by Crippen LogP contribution is -2.44. The van der Waals surface area contributed by atoms with Gasteiger partial charge in [-0.2, -0.15) is 0 Å². The Kier molecular flexibility index (Phi) is 8.26. The summed E-state index contributed by atoms with van der Waals surface area (Å²) in [4.78, 5) is 12.7. The molecule has 0 radical (unpaired) electrons. The molecule has 0 heterocycles. The second kappa shape index (κ2) is 9.67. The fourth-order valence-electron chi connectivity index (χ4n) is 2.52. The Labute approximate surface area is 146 Å². The zero-order valence-electron chi connectivity index (χ0n) is 16.0. The second-order valence-corrected chi connectivity index (χ2v) is 6.99. The van der Waals surface area contributed by atoms with Gasteiger partial charge in [-0.25, -0.2) is 0 Å². The summed E-state index contributed by atoms with van der Waals surface area (Å²) in [5.74, 6) is 1.10. The Morgan fingerprint density at radius 3 is 2.29 bits per heavy atom. The quantitative estimate of drug-likeness (QED) is 0.652. The van der Waals surface area contributed by atoms with E-state index in [9.17, 15) is 4.79 Å². The summed E-state index contributed by atoms with van der Waals surface area (Å²) in [6, 6.07) is 7.50. The molecule has 4 nitrogen and oxygen atoms in total. The largest absolute Gasteiger partial charge is 0.491 e. The standard InChI is InChI=1S/C20H33NO3/c1-7-13-23-20(6,14-15(3)4)19(22)21-17-9-11-18(12-10-17)24-16(5)8-2/h9-12,15-16H,7-8,13-14H2,1-6H3,(H,21,22)/t16-,20+/m0/s1. The van der Waals surface area contributed by atoms with Crippen molar-refractivity contribution >= 4 is 11.6 Å². The van der Waals surface area contributed by atoms with Gasteiger partial charge in [0.15, 0.2) is 0 Å². The number of anilines is 1. The van der Waals surface area contributed by atoms with E-state index in [1.54, 1.807) is 0 Å². The van der Waals surface area contributed by atoms with Gasteiger partial charge >= 0.3 is 0 Å². The highest BCUT2D eigenvalue weighted by Gasteiger charge is 2.34. The molecule has 0 aliphatic carbocycles. The molecule has 0 aromatic heterocycles. The van der Waals surface area contributed by atoms with Crippen molar-refractivity contribution < 1.29 is 14.3 Å². The van der Waals surface area contributed by atoms with Crippen LogP contribution in [0.1, 0.15) is 60.8 Å². The lowest BCUT2D eigenvalue weighted by atomic mass is 9.93. The molecule has 1 amide bonds. The molecule has 1 N–H and O–H groups in total. The maximum absolute atomic E-state index is 12.7. The normalized spacial score (nSPS) is 15.0. The van der Waals surface area contributed by atoms with E-state index in [1.165, 1.54) is 0 Å². The molecule has 0 bridgehead atoms. The van der Waals surface area contributed by atoms with Gasteiger partial charge in [-0.3, -0.25) is 4.79 Å². The third-order valence-electron chi connectivity index (χ3n) is 3.93. The summed E-state index contributed by atoms with van der Waals surface area (Å²) < 4.78 is 11.6. The molecule has 0 fully saturated rings. The first-order valence-corrected chi connectivity index (χ1v) is 9.02. The van der Waals surface area contributed by atoms with Gasteiger partial charge in [-0.05, 0) is 63.3 Å². The molecular weight excluding hydrogens is 302 g/mol. The Hall–Kier alpha value is -1.55. The minimum Gasteiger partial charge on any atom is -0.491 e. The summed E-state index contributed by atoms with van der Waals surface area (Å²) >= 11 is 0. The number of benzene rings is 1. The van der Waals surface area contributed by atoms with Gasteiger partial charge in [0.2, 0.25) is 0 Å². The number of ether oxygens (including phenoxy) is 2. The Balaban J connectivity index is 2.75. The van der Waals surface area contributed by atoms with Crippen LogP contribution >= 0.6 is 0 Å². The first kappa shape index (κ1) is 20.5. The molecule has 4 heteroatoms. The monoisotopic (exact) mass is 335 g/mol. The Morgan fingerprint density at radius 1 is 1.17 bits per heavy atom. The molecule has 0 saturated heterocycles. The molecule has 1 aromatic rings. The maximum Gasteiger partial charge on any atom is 0.256 e. The van der Waals surface area contributed by atoms with Crippen molar-refractivity contribution in [1.29, 1.82) is 0 Å². The average Bonchev–Trinajstić information content (AvgIpc) is 2.54. The van der Waals surface area contributed by atoms with Crippen molar-refractivity contribution in [3.8, 4) is 5.75 Å². The summed E-state index contributed by atoms with van der Waals surface area (Å²) in [6.07, 6.45) is 2.72. The number of rotatable bonds is 10. The summed E-state index contributed by atoms with van der Waals surface area (Å²) in [5.41, 5.74) is -0.0534. The minimum absolute atomic E-state index is 0.0970. The third kappa shape index (κ3) is 6.52. The summed E-state index contributed by atoms with van der Waals surface area (Å²) in [7, 11) is 0. The number of carbonyl (C=O) groups is 1. The van der Waals surface area contributed by atoms with E-state index in [0.29, 0.717) is 18.9 Å². The van der Waals surface area contributed by atoms with Crippen molar-refractivity contribution in [3.05, 3.63) is 24.3 Å². The van der Waals surface area contributed by atoms with Crippen molar-refractivity contribution in [1.82, 2.24) is 0 Å². The molecule has 136 valence electrons. The molecule has 1 aromatic carbocycles. The van der Waals surface area contributed by atoms with Crippen LogP contribution in [0.4, 0.5) is 5.69 Å². The van der Waals surface area contributed by atoms with Gasteiger partial charge in [0.1, 0.15) is 11.4 Å². The van der Waals surface area contributed by atoms with E-state index in [4.69, 9.17) is 9.47 Å². The molecule has 0 unspecified atom stereocenters.